The van der Waals surface area contributed by atoms with Crippen LogP contribution in [0, 0.1) is 5.92 Å². The summed E-state index contributed by atoms with van der Waals surface area (Å²) in [6.45, 7) is 2.18. The summed E-state index contributed by atoms with van der Waals surface area (Å²) in [6.07, 6.45) is 8.44. The first-order valence-corrected chi connectivity index (χ1v) is 9.37. The molecule has 0 aromatic heterocycles. The van der Waals surface area contributed by atoms with Gasteiger partial charge in [-0.15, -0.1) is 0 Å². The molecule has 0 radical (unpaired) electrons. The molecule has 1 saturated carbocycles. The molecule has 4 heteroatoms. The lowest BCUT2D eigenvalue weighted by Crippen LogP contribution is -2.44. The van der Waals surface area contributed by atoms with Crippen LogP contribution in [0.1, 0.15) is 56.6 Å². The van der Waals surface area contributed by atoms with Crippen LogP contribution in [-0.2, 0) is 0 Å². The molecule has 2 atom stereocenters. The van der Waals surface area contributed by atoms with Gasteiger partial charge in [-0.25, -0.2) is 0 Å². The molecule has 1 heterocycles. The molecule has 1 aromatic carbocycles. The second-order valence-corrected chi connectivity index (χ2v) is 7.27. The lowest BCUT2D eigenvalue weighted by Gasteiger charge is -2.41. The normalized spacial score (nSPS) is 26.3. The van der Waals surface area contributed by atoms with Gasteiger partial charge in [0, 0.05) is 6.54 Å². The van der Waals surface area contributed by atoms with E-state index in [9.17, 15) is 5.11 Å². The third kappa shape index (κ3) is 3.86. The number of piperidine rings is 1. The maximum absolute atomic E-state index is 10.7. The van der Waals surface area contributed by atoms with Crippen LogP contribution in [0.5, 0.6) is 11.5 Å². The van der Waals surface area contributed by atoms with Gasteiger partial charge in [-0.2, -0.15) is 0 Å². The van der Waals surface area contributed by atoms with E-state index >= 15 is 0 Å². The van der Waals surface area contributed by atoms with Gasteiger partial charge in [0.2, 0.25) is 0 Å². The summed E-state index contributed by atoms with van der Waals surface area (Å²) in [5, 5.41) is 10.7. The molecule has 0 bridgehead atoms. The average molecular weight is 333 g/mol. The summed E-state index contributed by atoms with van der Waals surface area (Å²) in [4.78, 5) is 2.51. The van der Waals surface area contributed by atoms with E-state index in [1.54, 1.807) is 14.2 Å². The monoisotopic (exact) mass is 333 g/mol. The smallest absolute Gasteiger partial charge is 0.161 e. The first-order valence-electron chi connectivity index (χ1n) is 9.37. The van der Waals surface area contributed by atoms with Gasteiger partial charge in [-0.1, -0.05) is 25.3 Å². The third-order valence-electron chi connectivity index (χ3n) is 5.67. The van der Waals surface area contributed by atoms with Crippen LogP contribution in [0.2, 0.25) is 0 Å². The van der Waals surface area contributed by atoms with E-state index in [0.717, 1.165) is 48.9 Å². The van der Waals surface area contributed by atoms with Gasteiger partial charge >= 0.3 is 0 Å². The van der Waals surface area contributed by atoms with Crippen molar-refractivity contribution in [2.45, 2.75) is 57.1 Å². The molecule has 1 N–H and O–H groups in total. The zero-order chi connectivity index (χ0) is 16.9. The van der Waals surface area contributed by atoms with Gasteiger partial charge in [0.1, 0.15) is 0 Å². The summed E-state index contributed by atoms with van der Waals surface area (Å²) in [5.41, 5.74) is 1.13. The Morgan fingerprint density at radius 1 is 1.00 bits per heavy atom. The highest BCUT2D eigenvalue weighted by Crippen LogP contribution is 2.37. The molecule has 1 aliphatic heterocycles. The summed E-state index contributed by atoms with van der Waals surface area (Å²) in [7, 11) is 3.32. The van der Waals surface area contributed by atoms with Crippen LogP contribution in [0.25, 0.3) is 0 Å². The summed E-state index contributed by atoms with van der Waals surface area (Å²) in [5.74, 6) is 2.27. The Kier molecular flexibility index (Phi) is 6.01. The number of rotatable bonds is 5. The van der Waals surface area contributed by atoms with Crippen molar-refractivity contribution in [2.24, 2.45) is 5.92 Å². The van der Waals surface area contributed by atoms with E-state index in [1.807, 2.05) is 12.1 Å². The predicted octanol–water partition coefficient (Wildman–Crippen LogP) is 3.78. The molecule has 1 aliphatic carbocycles. The van der Waals surface area contributed by atoms with Gasteiger partial charge in [0.15, 0.2) is 11.5 Å². The zero-order valence-electron chi connectivity index (χ0n) is 15.0. The number of hydrogen-bond donors (Lipinski definition) is 1. The highest BCUT2D eigenvalue weighted by molar-refractivity contribution is 5.44. The van der Waals surface area contributed by atoms with Crippen LogP contribution in [0.15, 0.2) is 18.2 Å². The molecular weight excluding hydrogens is 302 g/mol. The number of aliphatic hydroxyl groups excluding tert-OH is 1. The Hall–Kier alpha value is -1.26. The van der Waals surface area contributed by atoms with Crippen LogP contribution < -0.4 is 9.47 Å². The van der Waals surface area contributed by atoms with Gasteiger partial charge < -0.3 is 14.6 Å². The Morgan fingerprint density at radius 3 is 2.46 bits per heavy atom. The average Bonchev–Trinajstić information content (AvgIpc) is 2.62. The van der Waals surface area contributed by atoms with Crippen LogP contribution in [-0.4, -0.2) is 43.4 Å². The maximum Gasteiger partial charge on any atom is 0.161 e. The largest absolute Gasteiger partial charge is 0.493 e. The van der Waals surface area contributed by atoms with Crippen LogP contribution in [0.4, 0.5) is 0 Å². The molecule has 0 spiro atoms. The van der Waals surface area contributed by atoms with Crippen molar-refractivity contribution in [1.29, 1.82) is 0 Å². The van der Waals surface area contributed by atoms with Crippen molar-refractivity contribution in [3.05, 3.63) is 23.8 Å². The first-order chi connectivity index (χ1) is 11.7. The van der Waals surface area contributed by atoms with Crippen molar-refractivity contribution in [2.75, 3.05) is 27.3 Å². The second kappa shape index (κ2) is 8.21. The van der Waals surface area contributed by atoms with Gasteiger partial charge in [0.25, 0.3) is 0 Å². The maximum atomic E-state index is 10.7. The fraction of sp³-hybridized carbons (Fsp3) is 0.700. The lowest BCUT2D eigenvalue weighted by atomic mass is 9.86. The summed E-state index contributed by atoms with van der Waals surface area (Å²) in [6, 6.07) is 6.13. The molecule has 24 heavy (non-hydrogen) atoms. The van der Waals surface area contributed by atoms with Gasteiger partial charge in [0.05, 0.1) is 26.4 Å². The minimum Gasteiger partial charge on any atom is -0.493 e. The molecule has 1 saturated heterocycles. The topological polar surface area (TPSA) is 41.9 Å². The van der Waals surface area contributed by atoms with E-state index in [1.165, 1.54) is 32.1 Å². The number of benzene rings is 1. The minimum atomic E-state index is -0.305. The quantitative estimate of drug-likeness (QED) is 0.890. The highest BCUT2D eigenvalue weighted by atomic mass is 16.5. The standard InChI is InChI=1S/C20H31NO3/c1-23-18-11-10-16(13-19(18)24-2)20-17(22)9-6-12-21(20)14-15-7-4-3-5-8-15/h10-11,13,15,17,20,22H,3-9,12,14H2,1-2H3. The molecule has 4 nitrogen and oxygen atoms in total. The van der Waals surface area contributed by atoms with Crippen molar-refractivity contribution >= 4 is 0 Å². The summed E-state index contributed by atoms with van der Waals surface area (Å²) < 4.78 is 10.8. The molecule has 2 unspecified atom stereocenters. The number of aliphatic hydroxyl groups is 1. The van der Waals surface area contributed by atoms with E-state index in [2.05, 4.69) is 11.0 Å². The van der Waals surface area contributed by atoms with E-state index in [4.69, 9.17) is 9.47 Å². The molecule has 3 rings (SSSR count). The molecular formula is C20H31NO3. The van der Waals surface area contributed by atoms with E-state index in [0.29, 0.717) is 0 Å². The van der Waals surface area contributed by atoms with Crippen molar-refractivity contribution in [3.8, 4) is 11.5 Å². The van der Waals surface area contributed by atoms with E-state index < -0.39 is 0 Å². The Morgan fingerprint density at radius 2 is 1.75 bits per heavy atom. The van der Waals surface area contributed by atoms with Crippen molar-refractivity contribution in [3.63, 3.8) is 0 Å². The lowest BCUT2D eigenvalue weighted by molar-refractivity contribution is -0.000924. The zero-order valence-corrected chi connectivity index (χ0v) is 15.0. The predicted molar refractivity (Wildman–Crippen MR) is 95.7 cm³/mol. The minimum absolute atomic E-state index is 0.0699. The summed E-state index contributed by atoms with van der Waals surface area (Å²) >= 11 is 0. The Bertz CT molecular complexity index is 528. The number of hydrogen-bond acceptors (Lipinski definition) is 4. The fourth-order valence-corrected chi connectivity index (χ4v) is 4.42. The molecule has 134 valence electrons. The SMILES string of the molecule is COc1ccc(C2C(O)CCCN2CC2CCCCC2)cc1OC. The highest BCUT2D eigenvalue weighted by Gasteiger charge is 2.33. The van der Waals surface area contributed by atoms with Crippen LogP contribution >= 0.6 is 0 Å². The Balaban J connectivity index is 1.80. The van der Waals surface area contributed by atoms with E-state index in [-0.39, 0.29) is 12.1 Å². The molecule has 0 amide bonds. The number of likely N-dealkylation sites (tertiary alicyclic amines) is 1. The number of methoxy groups -OCH3 is 2. The second-order valence-electron chi connectivity index (χ2n) is 7.27. The molecule has 2 aliphatic rings. The Labute approximate surface area is 145 Å². The number of nitrogens with zero attached hydrogens (tertiary/aromatic N) is 1. The molecule has 1 aromatic rings. The first kappa shape index (κ1) is 17.6. The van der Waals surface area contributed by atoms with Crippen molar-refractivity contribution < 1.29 is 14.6 Å². The fourth-order valence-electron chi connectivity index (χ4n) is 4.42. The van der Waals surface area contributed by atoms with Crippen LogP contribution in [0.3, 0.4) is 0 Å². The van der Waals surface area contributed by atoms with Gasteiger partial charge in [-0.3, -0.25) is 4.90 Å². The molecule has 2 fully saturated rings. The van der Waals surface area contributed by atoms with Crippen molar-refractivity contribution in [1.82, 2.24) is 4.90 Å². The van der Waals surface area contributed by atoms with Gasteiger partial charge in [-0.05, 0) is 55.8 Å². The number of ether oxygens (including phenoxy) is 2. The third-order valence-corrected chi connectivity index (χ3v) is 5.67.